The molecule has 0 aliphatic carbocycles. The lowest BCUT2D eigenvalue weighted by atomic mass is 10.1. The van der Waals surface area contributed by atoms with Crippen molar-refractivity contribution in [2.75, 3.05) is 41.0 Å². The lowest BCUT2D eigenvalue weighted by molar-refractivity contribution is -0.889. The van der Waals surface area contributed by atoms with Crippen molar-refractivity contribution in [2.24, 2.45) is 0 Å². The van der Waals surface area contributed by atoms with E-state index in [9.17, 15) is 19.5 Å². The molecule has 2 unspecified atom stereocenters. The monoisotopic (exact) mass is 884 g/mol. The van der Waals surface area contributed by atoms with E-state index < -0.39 is 24.1 Å². The van der Waals surface area contributed by atoms with E-state index in [1.54, 1.807) is 21.1 Å². The summed E-state index contributed by atoms with van der Waals surface area (Å²) in [6, 6.07) is -0.756. The van der Waals surface area contributed by atoms with Gasteiger partial charge in [0.05, 0.1) is 40.3 Å². The Balaban J connectivity index is 4.54. The van der Waals surface area contributed by atoms with E-state index in [0.29, 0.717) is 12.8 Å². The highest BCUT2D eigenvalue weighted by Gasteiger charge is 2.25. The van der Waals surface area contributed by atoms with Crippen LogP contribution >= 0.6 is 0 Å². The topological polar surface area (TPSA) is 102 Å². The number of hydrogen-bond donors (Lipinski definition) is 0. The Morgan fingerprint density at radius 3 is 1.12 bits per heavy atom. The summed E-state index contributed by atoms with van der Waals surface area (Å²) in [7, 11) is 5.35. The van der Waals surface area contributed by atoms with Gasteiger partial charge in [0.25, 0.3) is 0 Å². The lowest BCUT2D eigenvalue weighted by Crippen LogP contribution is -2.55. The van der Waals surface area contributed by atoms with Gasteiger partial charge in [-0.1, -0.05) is 160 Å². The number of esters is 2. The molecular formula is C56H85NO7. The normalized spacial score (nSPS) is 14.2. The summed E-state index contributed by atoms with van der Waals surface area (Å²) in [6.45, 7) is 4.28. The molecule has 0 N–H and O–H groups in total. The molecule has 0 fully saturated rings. The van der Waals surface area contributed by atoms with Crippen molar-refractivity contribution in [3.8, 4) is 0 Å². The van der Waals surface area contributed by atoms with Crippen molar-refractivity contribution in [1.82, 2.24) is 0 Å². The van der Waals surface area contributed by atoms with Crippen molar-refractivity contribution in [1.29, 1.82) is 0 Å². The minimum atomic E-state index is -1.15. The summed E-state index contributed by atoms with van der Waals surface area (Å²) in [5, 5.41) is 11.7. The minimum Gasteiger partial charge on any atom is -0.544 e. The van der Waals surface area contributed by atoms with Gasteiger partial charge in [-0.2, -0.15) is 0 Å². The molecule has 0 radical (unpaired) electrons. The second-order valence-corrected chi connectivity index (χ2v) is 16.2. The molecule has 0 aromatic carbocycles. The number of nitrogens with zero attached hydrogens (tertiary/aromatic N) is 1. The Morgan fingerprint density at radius 2 is 0.797 bits per heavy atom. The molecule has 356 valence electrons. The van der Waals surface area contributed by atoms with Crippen LogP contribution in [0.1, 0.15) is 136 Å². The molecule has 0 saturated carbocycles. The number of carboxylic acids is 1. The van der Waals surface area contributed by atoms with Gasteiger partial charge in [0.1, 0.15) is 12.6 Å². The summed E-state index contributed by atoms with van der Waals surface area (Å²) in [4.78, 5) is 36.9. The predicted octanol–water partition coefficient (Wildman–Crippen LogP) is 12.4. The van der Waals surface area contributed by atoms with Gasteiger partial charge in [0.2, 0.25) is 0 Å². The van der Waals surface area contributed by atoms with Gasteiger partial charge in [0, 0.05) is 19.3 Å². The molecule has 0 spiro atoms. The van der Waals surface area contributed by atoms with E-state index in [-0.39, 0.29) is 49.5 Å². The Hall–Kier alpha value is -4.79. The Morgan fingerprint density at radius 1 is 0.469 bits per heavy atom. The molecule has 0 bridgehead atoms. The maximum atomic E-state index is 12.7. The van der Waals surface area contributed by atoms with Crippen molar-refractivity contribution < 1.29 is 38.2 Å². The molecule has 0 aliphatic rings. The van der Waals surface area contributed by atoms with Crippen LogP contribution in [0, 0.1) is 0 Å². The Labute approximate surface area is 389 Å². The minimum absolute atomic E-state index is 0.0123. The van der Waals surface area contributed by atoms with Gasteiger partial charge in [-0.05, 0) is 103 Å². The number of allylic oxidation sites excluding steroid dienone is 24. The van der Waals surface area contributed by atoms with Gasteiger partial charge in [-0.3, -0.25) is 9.59 Å². The molecular weight excluding hydrogens is 799 g/mol. The molecule has 0 aromatic heterocycles. The average Bonchev–Trinajstić information content (AvgIpc) is 3.26. The molecule has 0 heterocycles. The molecule has 0 saturated heterocycles. The highest BCUT2D eigenvalue weighted by atomic mass is 16.6. The van der Waals surface area contributed by atoms with Gasteiger partial charge in [-0.25, -0.2) is 0 Å². The Bertz CT molecular complexity index is 1540. The molecule has 0 rings (SSSR count). The van der Waals surface area contributed by atoms with E-state index in [1.165, 1.54) is 0 Å². The maximum Gasteiger partial charge on any atom is 0.306 e. The zero-order valence-electron chi connectivity index (χ0n) is 40.4. The largest absolute Gasteiger partial charge is 0.544 e. The van der Waals surface area contributed by atoms with E-state index in [1.807, 2.05) is 0 Å². The molecule has 0 aromatic rings. The number of rotatable bonds is 40. The second-order valence-electron chi connectivity index (χ2n) is 16.2. The van der Waals surface area contributed by atoms with Crippen LogP contribution in [-0.4, -0.2) is 75.5 Å². The van der Waals surface area contributed by atoms with E-state index in [4.69, 9.17) is 14.2 Å². The van der Waals surface area contributed by atoms with Crippen LogP contribution in [0.5, 0.6) is 0 Å². The van der Waals surface area contributed by atoms with Crippen LogP contribution < -0.4 is 5.11 Å². The number of carbonyl (C=O) groups is 3. The zero-order chi connectivity index (χ0) is 47.0. The number of carboxylic acid groups (broad SMARTS) is 1. The van der Waals surface area contributed by atoms with Crippen LogP contribution in [0.3, 0.4) is 0 Å². The molecule has 0 aliphatic heterocycles. The highest BCUT2D eigenvalue weighted by Crippen LogP contribution is 2.10. The average molecular weight is 884 g/mol. The standard InChI is InChI=1S/C56H85NO7/c1-6-8-10-12-14-16-18-20-22-24-26-28-30-32-34-36-38-40-42-44-46-54(58)63-51-52(50-62-49-48-53(56(60)61)57(3,4)5)64-55(59)47-45-43-41-39-37-35-33-31-29-27-25-23-21-19-17-15-13-11-9-7-2/h8-11,14-17,20-23,26-29,32-35,38-41,52-53H,6-7,12-13,18-19,24-25,30-31,36-37,42-51H2,1-5H3/b10-8+,11-9+,16-14+,17-15+,22-20+,23-21+,28-26+,29-27+,34-32+,35-33+,40-38+,41-39+. The molecule has 8 nitrogen and oxygen atoms in total. The number of likely N-dealkylation sites (N-methyl/N-ethyl adjacent to an activating group) is 1. The van der Waals surface area contributed by atoms with Crippen molar-refractivity contribution in [3.05, 3.63) is 146 Å². The number of ether oxygens (including phenoxy) is 3. The van der Waals surface area contributed by atoms with Crippen LogP contribution in [-0.2, 0) is 28.6 Å². The fourth-order valence-electron chi connectivity index (χ4n) is 5.86. The fraction of sp³-hybridized carbons (Fsp3) is 0.518. The summed E-state index contributed by atoms with van der Waals surface area (Å²) in [5.41, 5.74) is 0. The molecule has 0 amide bonds. The van der Waals surface area contributed by atoms with Gasteiger partial charge in [-0.15, -0.1) is 0 Å². The molecule has 8 heteroatoms. The first kappa shape index (κ1) is 59.2. The molecule has 2 atom stereocenters. The van der Waals surface area contributed by atoms with Gasteiger partial charge >= 0.3 is 11.9 Å². The lowest BCUT2D eigenvalue weighted by Gasteiger charge is -2.34. The fourth-order valence-corrected chi connectivity index (χ4v) is 5.86. The first-order valence-electron chi connectivity index (χ1n) is 23.9. The third kappa shape index (κ3) is 42.5. The first-order chi connectivity index (χ1) is 31.1. The number of unbranched alkanes of at least 4 members (excludes halogenated alkanes) is 2. The van der Waals surface area contributed by atoms with Crippen LogP contribution in [0.4, 0.5) is 0 Å². The summed E-state index contributed by atoms with van der Waals surface area (Å²) in [6.07, 6.45) is 66.1. The number of quaternary nitrogens is 1. The molecule has 64 heavy (non-hydrogen) atoms. The maximum absolute atomic E-state index is 12.7. The second kappa shape index (κ2) is 44.8. The zero-order valence-corrected chi connectivity index (χ0v) is 40.4. The number of carbonyl (C=O) groups excluding carboxylic acids is 3. The van der Waals surface area contributed by atoms with E-state index in [2.05, 4.69) is 160 Å². The quantitative estimate of drug-likeness (QED) is 0.0261. The van der Waals surface area contributed by atoms with E-state index >= 15 is 0 Å². The SMILES string of the molecule is CC/C=C/C/C=C/C/C=C/C/C=C/C/C=C/C/C=C/CCCC(=O)OCC(COCCC(C(=O)[O-])[N+](C)(C)C)OC(=O)CCC/C=C/C/C=C/C/C=C/C/C=C/C/C=C/C/C=C/CC. The van der Waals surface area contributed by atoms with Gasteiger partial charge < -0.3 is 28.6 Å². The predicted molar refractivity (Wildman–Crippen MR) is 267 cm³/mol. The van der Waals surface area contributed by atoms with Crippen molar-refractivity contribution in [3.63, 3.8) is 0 Å². The van der Waals surface area contributed by atoms with Crippen LogP contribution in [0.25, 0.3) is 0 Å². The summed E-state index contributed by atoms with van der Waals surface area (Å²) < 4.78 is 17.1. The summed E-state index contributed by atoms with van der Waals surface area (Å²) in [5.74, 6) is -1.91. The number of hydrogen-bond acceptors (Lipinski definition) is 7. The van der Waals surface area contributed by atoms with Crippen molar-refractivity contribution >= 4 is 17.9 Å². The summed E-state index contributed by atoms with van der Waals surface area (Å²) >= 11 is 0. The Kier molecular flexibility index (Phi) is 41.5. The first-order valence-corrected chi connectivity index (χ1v) is 23.9. The van der Waals surface area contributed by atoms with Gasteiger partial charge in [0.15, 0.2) is 6.10 Å². The van der Waals surface area contributed by atoms with Crippen LogP contribution in [0.15, 0.2) is 146 Å². The van der Waals surface area contributed by atoms with Crippen LogP contribution in [0.2, 0.25) is 0 Å². The highest BCUT2D eigenvalue weighted by molar-refractivity contribution is 5.70. The smallest absolute Gasteiger partial charge is 0.306 e. The number of aliphatic carboxylic acids is 1. The third-order valence-corrected chi connectivity index (χ3v) is 9.47. The van der Waals surface area contributed by atoms with E-state index in [0.717, 1.165) is 89.9 Å². The third-order valence-electron chi connectivity index (χ3n) is 9.47. The van der Waals surface area contributed by atoms with Crippen molar-refractivity contribution in [2.45, 2.75) is 148 Å².